The van der Waals surface area contributed by atoms with Gasteiger partial charge in [0.25, 0.3) is 0 Å². The summed E-state index contributed by atoms with van der Waals surface area (Å²) >= 11 is 0. The van der Waals surface area contributed by atoms with Crippen LogP contribution in [-0.2, 0) is 0 Å². The van der Waals surface area contributed by atoms with Gasteiger partial charge < -0.3 is 15.2 Å². The lowest BCUT2D eigenvalue weighted by Crippen LogP contribution is -2.03. The van der Waals surface area contributed by atoms with E-state index in [0.29, 0.717) is 11.5 Å². The van der Waals surface area contributed by atoms with Crippen molar-refractivity contribution in [3.05, 3.63) is 60.9 Å². The molecule has 130 valence electrons. The molecule has 0 aliphatic rings. The number of nitrogens with zero attached hydrogens (tertiary/aromatic N) is 3. The summed E-state index contributed by atoms with van der Waals surface area (Å²) in [4.78, 5) is 4.61. The van der Waals surface area contributed by atoms with Gasteiger partial charge in [0.1, 0.15) is 17.3 Å². The van der Waals surface area contributed by atoms with E-state index in [4.69, 9.17) is 15.2 Å². The highest BCUT2D eigenvalue weighted by Crippen LogP contribution is 2.36. The first kappa shape index (κ1) is 16.0. The Morgan fingerprint density at radius 1 is 0.769 bits per heavy atom. The molecule has 0 aliphatic carbocycles. The number of fused-ring (bicyclic) bond motifs is 1. The van der Waals surface area contributed by atoms with Crippen molar-refractivity contribution >= 4 is 11.5 Å². The number of nitrogens with two attached hydrogens (primary N) is 1. The van der Waals surface area contributed by atoms with Gasteiger partial charge in [-0.2, -0.15) is 9.61 Å². The normalized spacial score (nSPS) is 10.8. The number of rotatable bonds is 4. The number of methoxy groups -OCH3 is 2. The summed E-state index contributed by atoms with van der Waals surface area (Å²) in [6.45, 7) is 0. The van der Waals surface area contributed by atoms with E-state index in [1.807, 2.05) is 48.5 Å². The molecule has 0 saturated carbocycles. The molecule has 0 atom stereocenters. The monoisotopic (exact) mass is 346 g/mol. The molecule has 0 saturated heterocycles. The van der Waals surface area contributed by atoms with Crippen LogP contribution in [0.1, 0.15) is 0 Å². The van der Waals surface area contributed by atoms with Crippen LogP contribution in [-0.4, -0.2) is 28.8 Å². The molecule has 2 aromatic carbocycles. The van der Waals surface area contributed by atoms with Gasteiger partial charge in [-0.25, -0.2) is 4.98 Å². The minimum Gasteiger partial charge on any atom is -0.496 e. The van der Waals surface area contributed by atoms with Crippen molar-refractivity contribution in [3.63, 3.8) is 0 Å². The molecule has 0 unspecified atom stereocenters. The maximum absolute atomic E-state index is 6.41. The summed E-state index contributed by atoms with van der Waals surface area (Å²) in [5, 5.41) is 4.44. The van der Waals surface area contributed by atoms with E-state index < -0.39 is 0 Å². The molecule has 4 rings (SSSR count). The van der Waals surface area contributed by atoms with Crippen molar-refractivity contribution in [2.45, 2.75) is 0 Å². The van der Waals surface area contributed by atoms with Crippen LogP contribution < -0.4 is 15.2 Å². The van der Waals surface area contributed by atoms with Crippen LogP contribution >= 0.6 is 0 Å². The minimum absolute atomic E-state index is 0.501. The summed E-state index contributed by atoms with van der Waals surface area (Å²) in [6.07, 6.45) is 3.51. The number of anilines is 1. The maximum atomic E-state index is 6.41. The van der Waals surface area contributed by atoms with E-state index in [-0.39, 0.29) is 0 Å². The molecule has 6 nitrogen and oxygen atoms in total. The highest BCUT2D eigenvalue weighted by Gasteiger charge is 2.17. The highest BCUT2D eigenvalue weighted by atomic mass is 16.5. The molecule has 0 fully saturated rings. The highest BCUT2D eigenvalue weighted by molar-refractivity contribution is 5.85. The molecular weight excluding hydrogens is 328 g/mol. The van der Waals surface area contributed by atoms with E-state index in [1.54, 1.807) is 31.1 Å². The fourth-order valence-electron chi connectivity index (χ4n) is 3.08. The van der Waals surface area contributed by atoms with Crippen molar-refractivity contribution in [1.82, 2.24) is 14.6 Å². The van der Waals surface area contributed by atoms with Gasteiger partial charge in [0.15, 0.2) is 5.65 Å². The predicted octanol–water partition coefficient (Wildman–Crippen LogP) is 3.66. The van der Waals surface area contributed by atoms with Gasteiger partial charge in [-0.3, -0.25) is 0 Å². The summed E-state index contributed by atoms with van der Waals surface area (Å²) in [6, 6.07) is 15.4. The lowest BCUT2D eigenvalue weighted by Gasteiger charge is -2.11. The molecule has 2 N–H and O–H groups in total. The smallest absolute Gasteiger partial charge is 0.165 e. The first-order valence-electron chi connectivity index (χ1n) is 8.13. The van der Waals surface area contributed by atoms with Gasteiger partial charge in [0.05, 0.1) is 26.0 Å². The third-order valence-corrected chi connectivity index (χ3v) is 4.36. The molecule has 0 bridgehead atoms. The minimum atomic E-state index is 0.501. The lowest BCUT2D eigenvalue weighted by atomic mass is 10.1. The first-order valence-corrected chi connectivity index (χ1v) is 8.13. The maximum Gasteiger partial charge on any atom is 0.165 e. The molecule has 0 spiro atoms. The summed E-state index contributed by atoms with van der Waals surface area (Å²) < 4.78 is 12.5. The molecule has 0 radical (unpaired) electrons. The van der Waals surface area contributed by atoms with Gasteiger partial charge in [0, 0.05) is 22.9 Å². The second-order valence-electron chi connectivity index (χ2n) is 5.75. The van der Waals surface area contributed by atoms with E-state index in [2.05, 4.69) is 10.1 Å². The first-order chi connectivity index (χ1) is 12.7. The predicted molar refractivity (Wildman–Crippen MR) is 101 cm³/mol. The zero-order chi connectivity index (χ0) is 18.1. The molecule has 0 amide bonds. The van der Waals surface area contributed by atoms with Gasteiger partial charge in [-0.15, -0.1) is 0 Å². The van der Waals surface area contributed by atoms with Crippen LogP contribution in [0.3, 0.4) is 0 Å². The third kappa shape index (κ3) is 2.43. The van der Waals surface area contributed by atoms with Gasteiger partial charge in [-0.1, -0.05) is 36.4 Å². The van der Waals surface area contributed by atoms with E-state index in [0.717, 1.165) is 33.8 Å². The van der Waals surface area contributed by atoms with E-state index in [1.165, 1.54) is 0 Å². The summed E-state index contributed by atoms with van der Waals surface area (Å²) in [5.74, 6) is 2.00. The molecule has 2 heterocycles. The van der Waals surface area contributed by atoms with Crippen LogP contribution in [0.4, 0.5) is 5.82 Å². The van der Waals surface area contributed by atoms with Crippen molar-refractivity contribution in [1.29, 1.82) is 0 Å². The van der Waals surface area contributed by atoms with Crippen molar-refractivity contribution in [2.24, 2.45) is 0 Å². The van der Waals surface area contributed by atoms with Crippen molar-refractivity contribution in [2.75, 3.05) is 20.0 Å². The third-order valence-electron chi connectivity index (χ3n) is 4.36. The quantitative estimate of drug-likeness (QED) is 0.610. The fraction of sp³-hybridized carbons (Fsp3) is 0.100. The number of ether oxygens (including phenoxy) is 2. The number of aromatic nitrogens is 3. The number of hydrogen-bond donors (Lipinski definition) is 1. The zero-order valence-electron chi connectivity index (χ0n) is 14.5. The Kier molecular flexibility index (Phi) is 3.93. The number of benzene rings is 2. The van der Waals surface area contributed by atoms with Crippen LogP contribution in [0, 0.1) is 0 Å². The SMILES string of the molecule is COc1ccccc1-c1cnc2c(-c3ccccc3OC)cnn2c1N. The van der Waals surface area contributed by atoms with Crippen LogP contribution in [0.25, 0.3) is 27.9 Å². The molecule has 2 aromatic heterocycles. The van der Waals surface area contributed by atoms with Crippen LogP contribution in [0.5, 0.6) is 11.5 Å². The largest absolute Gasteiger partial charge is 0.496 e. The summed E-state index contributed by atoms with van der Waals surface area (Å²) in [7, 11) is 3.28. The molecule has 6 heteroatoms. The van der Waals surface area contributed by atoms with E-state index in [9.17, 15) is 0 Å². The molecule has 26 heavy (non-hydrogen) atoms. The summed E-state index contributed by atoms with van der Waals surface area (Å²) in [5.41, 5.74) is 10.5. The van der Waals surface area contributed by atoms with Crippen molar-refractivity contribution < 1.29 is 9.47 Å². The van der Waals surface area contributed by atoms with Crippen LogP contribution in [0.15, 0.2) is 60.9 Å². The van der Waals surface area contributed by atoms with Gasteiger partial charge in [0.2, 0.25) is 0 Å². The number of para-hydroxylation sites is 2. The zero-order valence-corrected chi connectivity index (χ0v) is 14.5. The Labute approximate surface area is 150 Å². The Hall–Kier alpha value is -3.54. The Morgan fingerprint density at radius 3 is 1.96 bits per heavy atom. The Bertz CT molecular complexity index is 1090. The van der Waals surface area contributed by atoms with Gasteiger partial charge in [-0.05, 0) is 12.1 Å². The standard InChI is InChI=1S/C20H18N4O2/c1-25-17-9-5-3-7-13(17)15-11-22-20-16(12-23-24(20)19(15)21)14-8-4-6-10-18(14)26-2/h3-12H,21H2,1-2H3. The second kappa shape index (κ2) is 6.40. The lowest BCUT2D eigenvalue weighted by molar-refractivity contribution is 0.416. The second-order valence-corrected chi connectivity index (χ2v) is 5.75. The van der Waals surface area contributed by atoms with Crippen LogP contribution in [0.2, 0.25) is 0 Å². The van der Waals surface area contributed by atoms with E-state index >= 15 is 0 Å². The molecule has 4 aromatic rings. The average Bonchev–Trinajstić information content (AvgIpc) is 3.13. The Morgan fingerprint density at radius 2 is 1.35 bits per heavy atom. The number of hydrogen-bond acceptors (Lipinski definition) is 5. The number of nitrogen functional groups attached to an aromatic ring is 1. The fourth-order valence-corrected chi connectivity index (χ4v) is 3.08. The Balaban J connectivity index is 1.91. The molecule has 0 aliphatic heterocycles. The topological polar surface area (TPSA) is 74.7 Å². The molecular formula is C20H18N4O2. The van der Waals surface area contributed by atoms with Crippen molar-refractivity contribution in [3.8, 4) is 33.8 Å². The van der Waals surface area contributed by atoms with Gasteiger partial charge >= 0.3 is 0 Å². The average molecular weight is 346 g/mol.